The van der Waals surface area contributed by atoms with Gasteiger partial charge < -0.3 is 19.3 Å². The van der Waals surface area contributed by atoms with E-state index >= 15 is 0 Å². The SMILES string of the molecule is Cc1cn([C@H]2C[C@H](OP(=O)(O)CI)[C@@H](CO)O2)c(=O)[nH]c1=O. The van der Waals surface area contributed by atoms with E-state index in [2.05, 4.69) is 4.98 Å². The van der Waals surface area contributed by atoms with E-state index < -0.39 is 43.9 Å². The van der Waals surface area contributed by atoms with Gasteiger partial charge in [0.05, 0.1) is 12.7 Å². The third kappa shape index (κ3) is 3.87. The number of halogens is 1. The van der Waals surface area contributed by atoms with Crippen LogP contribution in [0.4, 0.5) is 0 Å². The van der Waals surface area contributed by atoms with Crippen molar-refractivity contribution in [3.8, 4) is 0 Å². The van der Waals surface area contributed by atoms with Crippen molar-refractivity contribution in [2.75, 3.05) is 10.8 Å². The Balaban J connectivity index is 2.25. The van der Waals surface area contributed by atoms with E-state index in [4.69, 9.17) is 9.26 Å². The average molecular weight is 446 g/mol. The van der Waals surface area contributed by atoms with Gasteiger partial charge in [0.1, 0.15) is 16.5 Å². The summed E-state index contributed by atoms with van der Waals surface area (Å²) in [4.78, 5) is 34.9. The molecule has 2 rings (SSSR count). The summed E-state index contributed by atoms with van der Waals surface area (Å²) in [6.07, 6.45) is -0.983. The standard InChI is InChI=1S/C11H16IN2O7P/c1-6-3-14(11(17)13-10(6)16)9-2-7(8(4-15)20-9)21-22(18,19)5-12/h3,7-9,15H,2,4-5H2,1H3,(H,18,19)(H,13,16,17)/t7-,8+,9+/m0/s1. The van der Waals surface area contributed by atoms with Gasteiger partial charge in [0.2, 0.25) is 0 Å². The number of hydrogen-bond donors (Lipinski definition) is 3. The lowest BCUT2D eigenvalue weighted by Gasteiger charge is -2.18. The van der Waals surface area contributed by atoms with Gasteiger partial charge in [-0.05, 0) is 6.92 Å². The van der Waals surface area contributed by atoms with Crippen LogP contribution in [-0.2, 0) is 13.8 Å². The molecule has 0 spiro atoms. The van der Waals surface area contributed by atoms with Crippen LogP contribution < -0.4 is 11.2 Å². The molecule has 1 aromatic rings. The highest BCUT2D eigenvalue weighted by atomic mass is 127. The Bertz CT molecular complexity index is 702. The van der Waals surface area contributed by atoms with E-state index in [1.165, 1.54) is 10.8 Å². The summed E-state index contributed by atoms with van der Waals surface area (Å²) < 4.78 is 23.4. The topological polar surface area (TPSA) is 131 Å². The molecule has 0 radical (unpaired) electrons. The number of nitrogens with zero attached hydrogens (tertiary/aromatic N) is 1. The number of aromatic nitrogens is 2. The summed E-state index contributed by atoms with van der Waals surface area (Å²) >= 11 is 1.73. The zero-order chi connectivity index (χ0) is 16.5. The highest BCUT2D eigenvalue weighted by Crippen LogP contribution is 2.48. The summed E-state index contributed by atoms with van der Waals surface area (Å²) in [5, 5.41) is 9.32. The lowest BCUT2D eigenvalue weighted by atomic mass is 10.2. The second kappa shape index (κ2) is 6.93. The van der Waals surface area contributed by atoms with Crippen LogP contribution in [0.3, 0.4) is 0 Å². The quantitative estimate of drug-likeness (QED) is 0.332. The van der Waals surface area contributed by atoms with Crippen molar-refractivity contribution >= 4 is 30.2 Å². The molecule has 1 unspecified atom stereocenters. The summed E-state index contributed by atoms with van der Waals surface area (Å²) in [6.45, 7) is 1.12. The van der Waals surface area contributed by atoms with E-state index in [0.29, 0.717) is 5.56 Å². The molecule has 0 aliphatic carbocycles. The number of rotatable bonds is 5. The van der Waals surface area contributed by atoms with Crippen molar-refractivity contribution in [1.82, 2.24) is 9.55 Å². The smallest absolute Gasteiger partial charge is 0.338 e. The van der Waals surface area contributed by atoms with E-state index in [9.17, 15) is 24.2 Å². The normalized spacial score (nSPS) is 27.7. The lowest BCUT2D eigenvalue weighted by molar-refractivity contribution is -0.0431. The van der Waals surface area contributed by atoms with Crippen molar-refractivity contribution in [3.63, 3.8) is 0 Å². The van der Waals surface area contributed by atoms with Gasteiger partial charge in [-0.2, -0.15) is 0 Å². The zero-order valence-corrected chi connectivity index (χ0v) is 14.7. The number of aryl methyl sites for hydroxylation is 1. The van der Waals surface area contributed by atoms with Crippen molar-refractivity contribution in [2.45, 2.75) is 31.8 Å². The number of aliphatic hydroxyl groups is 1. The zero-order valence-electron chi connectivity index (χ0n) is 11.6. The van der Waals surface area contributed by atoms with Crippen LogP contribution in [0.2, 0.25) is 0 Å². The van der Waals surface area contributed by atoms with Gasteiger partial charge in [-0.1, -0.05) is 22.6 Å². The maximum atomic E-state index is 11.8. The molecule has 0 saturated carbocycles. The molecule has 2 heterocycles. The number of H-pyrrole nitrogens is 1. The second-order valence-corrected chi connectivity index (χ2v) is 8.70. The van der Waals surface area contributed by atoms with Crippen molar-refractivity contribution in [1.29, 1.82) is 0 Å². The van der Waals surface area contributed by atoms with E-state index in [0.717, 1.165) is 0 Å². The Hall–Kier alpha value is -0.520. The summed E-state index contributed by atoms with van der Waals surface area (Å²) in [7, 11) is -3.77. The molecule has 3 N–H and O–H groups in total. The molecule has 1 aliphatic heterocycles. The number of hydrogen-bond acceptors (Lipinski definition) is 6. The molecule has 0 bridgehead atoms. The fourth-order valence-corrected chi connectivity index (χ4v) is 3.37. The highest BCUT2D eigenvalue weighted by molar-refractivity contribution is 14.1. The maximum Gasteiger partial charge on any atom is 0.338 e. The van der Waals surface area contributed by atoms with Gasteiger partial charge in [0.15, 0.2) is 0 Å². The van der Waals surface area contributed by atoms with Crippen LogP contribution >= 0.6 is 30.2 Å². The van der Waals surface area contributed by atoms with Gasteiger partial charge in [0.25, 0.3) is 5.56 Å². The fraction of sp³-hybridized carbons (Fsp3) is 0.636. The average Bonchev–Trinajstić information content (AvgIpc) is 2.84. The Morgan fingerprint density at radius 3 is 2.86 bits per heavy atom. The Labute approximate surface area is 138 Å². The minimum Gasteiger partial charge on any atom is -0.394 e. The Morgan fingerprint density at radius 1 is 1.59 bits per heavy atom. The molecule has 22 heavy (non-hydrogen) atoms. The number of aliphatic hydroxyl groups excluding tert-OH is 1. The Morgan fingerprint density at radius 2 is 2.27 bits per heavy atom. The van der Waals surface area contributed by atoms with E-state index in [1.54, 1.807) is 29.5 Å². The van der Waals surface area contributed by atoms with Crippen LogP contribution in [0.5, 0.6) is 0 Å². The van der Waals surface area contributed by atoms with Crippen molar-refractivity contribution < 1.29 is 23.8 Å². The van der Waals surface area contributed by atoms with Gasteiger partial charge in [0, 0.05) is 18.2 Å². The first kappa shape index (κ1) is 17.8. The van der Waals surface area contributed by atoms with Crippen molar-refractivity contribution in [2.24, 2.45) is 0 Å². The van der Waals surface area contributed by atoms with Crippen LogP contribution in [0.25, 0.3) is 0 Å². The molecule has 0 aromatic carbocycles. The lowest BCUT2D eigenvalue weighted by Crippen LogP contribution is -2.33. The maximum absolute atomic E-state index is 11.8. The molecular weight excluding hydrogens is 430 g/mol. The van der Waals surface area contributed by atoms with Crippen molar-refractivity contribution in [3.05, 3.63) is 32.6 Å². The first-order valence-electron chi connectivity index (χ1n) is 6.42. The largest absolute Gasteiger partial charge is 0.394 e. The molecule has 1 saturated heterocycles. The van der Waals surface area contributed by atoms with Gasteiger partial charge in [-0.25, -0.2) is 4.79 Å². The number of aromatic amines is 1. The Kier molecular flexibility index (Phi) is 5.62. The van der Waals surface area contributed by atoms with Crippen LogP contribution in [0, 0.1) is 6.92 Å². The molecule has 11 heteroatoms. The number of nitrogens with one attached hydrogen (secondary N) is 1. The minimum atomic E-state index is -3.77. The minimum absolute atomic E-state index is 0.0954. The van der Waals surface area contributed by atoms with Crippen LogP contribution in [0.1, 0.15) is 18.2 Å². The molecule has 1 fully saturated rings. The molecule has 1 aromatic heterocycles. The first-order chi connectivity index (χ1) is 10.3. The third-order valence-electron chi connectivity index (χ3n) is 3.27. The first-order valence-corrected chi connectivity index (χ1v) is 9.71. The highest BCUT2D eigenvalue weighted by Gasteiger charge is 2.40. The second-order valence-electron chi connectivity index (χ2n) is 4.93. The number of alkyl halides is 1. The monoisotopic (exact) mass is 446 g/mol. The summed E-state index contributed by atoms with van der Waals surface area (Å²) in [5.41, 5.74) is -0.817. The predicted molar refractivity (Wildman–Crippen MR) is 85.3 cm³/mol. The molecule has 4 atom stereocenters. The fourth-order valence-electron chi connectivity index (χ4n) is 2.19. The molecule has 9 nitrogen and oxygen atoms in total. The predicted octanol–water partition coefficient (Wildman–Crippen LogP) is 0.0879. The van der Waals surface area contributed by atoms with Crippen LogP contribution in [0.15, 0.2) is 15.8 Å². The third-order valence-corrected chi connectivity index (χ3v) is 6.76. The van der Waals surface area contributed by atoms with Crippen LogP contribution in [-0.4, -0.2) is 42.5 Å². The molecule has 124 valence electrons. The molecule has 0 amide bonds. The summed E-state index contributed by atoms with van der Waals surface area (Å²) in [6, 6.07) is 0. The molecular formula is C11H16IN2O7P. The van der Waals surface area contributed by atoms with Gasteiger partial charge in [-0.3, -0.25) is 18.9 Å². The van der Waals surface area contributed by atoms with E-state index in [1.807, 2.05) is 0 Å². The van der Waals surface area contributed by atoms with Gasteiger partial charge in [-0.15, -0.1) is 0 Å². The number of ether oxygens (including phenoxy) is 1. The molecule has 1 aliphatic rings. The van der Waals surface area contributed by atoms with E-state index in [-0.39, 0.29) is 10.6 Å². The summed E-state index contributed by atoms with van der Waals surface area (Å²) in [5.74, 6) is 0. The van der Waals surface area contributed by atoms with Gasteiger partial charge >= 0.3 is 13.3 Å².